The number of aliphatic hydroxyl groups excluding tert-OH is 2. The van der Waals surface area contributed by atoms with E-state index in [9.17, 15) is 30.0 Å². The molecule has 0 spiro atoms. The van der Waals surface area contributed by atoms with Crippen molar-refractivity contribution in [3.8, 4) is 0 Å². The van der Waals surface area contributed by atoms with Gasteiger partial charge in [0.15, 0.2) is 0 Å². The number of carbonyl (C=O) groups is 2. The van der Waals surface area contributed by atoms with Gasteiger partial charge in [-0.15, -0.1) is 0 Å². The smallest absolute Gasteiger partial charge is 0.310 e. The minimum atomic E-state index is -1.41. The van der Waals surface area contributed by atoms with Crippen molar-refractivity contribution in [2.24, 2.45) is 17.3 Å². The van der Waals surface area contributed by atoms with Crippen LogP contribution in [-0.4, -0.2) is 90.6 Å². The van der Waals surface area contributed by atoms with Crippen LogP contribution in [0, 0.1) is 17.3 Å². The van der Waals surface area contributed by atoms with Gasteiger partial charge in [-0.25, -0.2) is 0 Å². The highest BCUT2D eigenvalue weighted by Crippen LogP contribution is 2.58. The molecule has 0 aromatic carbocycles. The molecule has 2 aliphatic rings. The molecule has 34 heavy (non-hydrogen) atoms. The van der Waals surface area contributed by atoms with Crippen molar-refractivity contribution in [1.29, 1.82) is 0 Å². The summed E-state index contributed by atoms with van der Waals surface area (Å²) in [5.41, 5.74) is -2.98. The molecular weight excluding hydrogens is 436 g/mol. The molecule has 2 fully saturated rings. The highest BCUT2D eigenvalue weighted by Gasteiger charge is 2.61. The van der Waals surface area contributed by atoms with Crippen LogP contribution in [0.5, 0.6) is 0 Å². The maximum atomic E-state index is 13.2. The fourth-order valence-corrected chi connectivity index (χ4v) is 8.07. The van der Waals surface area contributed by atoms with Crippen molar-refractivity contribution in [2.45, 2.75) is 110 Å². The van der Waals surface area contributed by atoms with Crippen LogP contribution in [0.15, 0.2) is 0 Å². The summed E-state index contributed by atoms with van der Waals surface area (Å²) in [6.45, 7) is 17.6. The second-order valence-corrected chi connectivity index (χ2v) is 13.1. The van der Waals surface area contributed by atoms with Gasteiger partial charge in [0.25, 0.3) is 0 Å². The molecule has 0 radical (unpaired) electrons. The predicted molar refractivity (Wildman–Crippen MR) is 132 cm³/mol. The molecule has 0 atom stereocenters. The number of nitrogens with zero attached hydrogens (tertiary/aromatic N) is 2. The Morgan fingerprint density at radius 1 is 0.706 bits per heavy atom. The Morgan fingerprint density at radius 2 is 1.00 bits per heavy atom. The summed E-state index contributed by atoms with van der Waals surface area (Å²) >= 11 is 0. The Bertz CT molecular complexity index is 678. The number of hydrogen-bond acceptors (Lipinski definition) is 6. The molecule has 0 aliphatic carbocycles. The zero-order valence-corrected chi connectivity index (χ0v) is 22.5. The number of carboxylic acid groups (broad SMARTS) is 2. The maximum Gasteiger partial charge on any atom is 0.310 e. The number of piperidine rings is 2. The molecule has 2 rings (SSSR count). The fourth-order valence-electron chi connectivity index (χ4n) is 8.07. The van der Waals surface area contributed by atoms with Gasteiger partial charge in [-0.05, 0) is 92.9 Å². The number of likely N-dealkylation sites (tertiary alicyclic amines) is 2. The maximum absolute atomic E-state index is 13.2. The molecule has 198 valence electrons. The van der Waals surface area contributed by atoms with Gasteiger partial charge in [0, 0.05) is 35.2 Å². The van der Waals surface area contributed by atoms with Crippen molar-refractivity contribution in [1.82, 2.24) is 9.80 Å². The first kappa shape index (κ1) is 29.0. The van der Waals surface area contributed by atoms with Gasteiger partial charge in [0.1, 0.15) is 0 Å². The molecule has 2 aliphatic heterocycles. The summed E-state index contributed by atoms with van der Waals surface area (Å²) in [6, 6.07) is 0. The minimum Gasteiger partial charge on any atom is -0.481 e. The van der Waals surface area contributed by atoms with Gasteiger partial charge in [0.05, 0.1) is 25.0 Å². The Kier molecular flexibility index (Phi) is 8.26. The second-order valence-electron chi connectivity index (χ2n) is 13.1. The van der Waals surface area contributed by atoms with E-state index < -0.39 is 45.9 Å². The molecule has 0 unspecified atom stereocenters. The number of rotatable bonds is 9. The van der Waals surface area contributed by atoms with E-state index in [2.05, 4.69) is 65.2 Å². The fraction of sp³-hybridized carbons (Fsp3) is 0.923. The highest BCUT2D eigenvalue weighted by molar-refractivity contribution is 5.82. The molecule has 8 heteroatoms. The lowest BCUT2D eigenvalue weighted by molar-refractivity contribution is -0.184. The summed E-state index contributed by atoms with van der Waals surface area (Å²) in [7, 11) is 0. The third-order valence-corrected chi connectivity index (χ3v) is 8.85. The molecule has 4 N–H and O–H groups in total. The largest absolute Gasteiger partial charge is 0.481 e. The number of carboxylic acids is 2. The van der Waals surface area contributed by atoms with E-state index in [0.717, 1.165) is 0 Å². The SMILES string of the molecule is CC1(C)CC(C(CC(=O)O)(C(=O)O)C2CC(C)(C)N(CCO)C(C)(C)C2)CC(C)(C)N1CCO. The second kappa shape index (κ2) is 9.68. The van der Waals surface area contributed by atoms with Gasteiger partial charge in [0.2, 0.25) is 0 Å². The predicted octanol–water partition coefficient (Wildman–Crippen LogP) is 3.06. The highest BCUT2D eigenvalue weighted by atomic mass is 16.4. The molecule has 0 bridgehead atoms. The molecule has 0 amide bonds. The van der Waals surface area contributed by atoms with Crippen LogP contribution in [0.2, 0.25) is 0 Å². The number of β-amino-alcohol motifs (C(OH)–C–C–N with tert-alkyl or cyclic N) is 2. The van der Waals surface area contributed by atoms with Crippen LogP contribution in [0.3, 0.4) is 0 Å². The monoisotopic (exact) mass is 484 g/mol. The number of aliphatic carboxylic acids is 2. The van der Waals surface area contributed by atoms with Gasteiger partial charge in [-0.3, -0.25) is 19.4 Å². The first-order valence-corrected chi connectivity index (χ1v) is 12.6. The van der Waals surface area contributed by atoms with Crippen LogP contribution >= 0.6 is 0 Å². The summed E-state index contributed by atoms with van der Waals surface area (Å²) in [5, 5.41) is 40.2. The van der Waals surface area contributed by atoms with Gasteiger partial charge >= 0.3 is 11.9 Å². The molecule has 2 saturated heterocycles. The Hall–Kier alpha value is -1.22. The van der Waals surface area contributed by atoms with Gasteiger partial charge in [-0.1, -0.05) is 0 Å². The van der Waals surface area contributed by atoms with E-state index >= 15 is 0 Å². The summed E-state index contributed by atoms with van der Waals surface area (Å²) < 4.78 is 0. The summed E-state index contributed by atoms with van der Waals surface area (Å²) in [5.74, 6) is -2.76. The van der Waals surface area contributed by atoms with Crippen LogP contribution in [0.25, 0.3) is 0 Å². The van der Waals surface area contributed by atoms with Crippen molar-refractivity contribution in [2.75, 3.05) is 26.3 Å². The van der Waals surface area contributed by atoms with Crippen molar-refractivity contribution in [3.05, 3.63) is 0 Å². The minimum absolute atomic E-state index is 0.0163. The van der Waals surface area contributed by atoms with Crippen molar-refractivity contribution in [3.63, 3.8) is 0 Å². The average Bonchev–Trinajstić information content (AvgIpc) is 2.63. The quantitative estimate of drug-likeness (QED) is 0.394. The lowest BCUT2D eigenvalue weighted by Crippen LogP contribution is -2.67. The summed E-state index contributed by atoms with van der Waals surface area (Å²) in [4.78, 5) is 30.0. The Labute approximate surface area is 205 Å². The third kappa shape index (κ3) is 5.30. The zero-order valence-electron chi connectivity index (χ0n) is 22.5. The standard InChI is InChI=1S/C26H48N2O6/c1-22(2)13-18(14-23(3,4)27(22)9-11-29)26(21(33)34,17-20(31)32)19-15-24(5,6)28(10-12-30)25(7,8)16-19/h18-19,29-30H,9-17H2,1-8H3,(H,31,32)(H,33,34). The Balaban J connectivity index is 2.63. The van der Waals surface area contributed by atoms with Crippen molar-refractivity contribution >= 4 is 11.9 Å². The average molecular weight is 485 g/mol. The molecule has 8 nitrogen and oxygen atoms in total. The van der Waals surface area contributed by atoms with E-state index in [1.165, 1.54) is 0 Å². The van der Waals surface area contributed by atoms with E-state index in [1.54, 1.807) is 0 Å². The van der Waals surface area contributed by atoms with Crippen LogP contribution < -0.4 is 0 Å². The molecule has 0 saturated carbocycles. The van der Waals surface area contributed by atoms with E-state index in [4.69, 9.17) is 0 Å². The lowest BCUT2D eigenvalue weighted by atomic mass is 9.52. The molecule has 0 aromatic rings. The number of aliphatic hydroxyl groups is 2. The lowest BCUT2D eigenvalue weighted by Gasteiger charge is -2.62. The van der Waals surface area contributed by atoms with Gasteiger partial charge in [-0.2, -0.15) is 0 Å². The Morgan fingerprint density at radius 3 is 1.21 bits per heavy atom. The van der Waals surface area contributed by atoms with Crippen molar-refractivity contribution < 1.29 is 30.0 Å². The summed E-state index contributed by atoms with van der Waals surface area (Å²) in [6.07, 6.45) is 1.79. The van der Waals surface area contributed by atoms with Gasteiger partial charge < -0.3 is 20.4 Å². The molecular formula is C26H48N2O6. The number of hydrogen-bond donors (Lipinski definition) is 4. The third-order valence-electron chi connectivity index (χ3n) is 8.85. The normalized spacial score (nSPS) is 25.8. The van der Waals surface area contributed by atoms with E-state index in [-0.39, 0.29) is 25.0 Å². The van der Waals surface area contributed by atoms with Crippen LogP contribution in [-0.2, 0) is 9.59 Å². The van der Waals surface area contributed by atoms with Crippen LogP contribution in [0.1, 0.15) is 87.5 Å². The van der Waals surface area contributed by atoms with Crippen LogP contribution in [0.4, 0.5) is 0 Å². The van der Waals surface area contributed by atoms with E-state index in [1.807, 2.05) is 0 Å². The first-order valence-electron chi connectivity index (χ1n) is 12.6. The molecule has 0 aromatic heterocycles. The zero-order chi connectivity index (χ0) is 26.3. The van der Waals surface area contributed by atoms with E-state index in [0.29, 0.717) is 38.8 Å². The molecule has 2 heterocycles. The topological polar surface area (TPSA) is 122 Å². The first-order chi connectivity index (χ1) is 15.4.